The molecular formula is C31H41N3O5. The van der Waals surface area contributed by atoms with Gasteiger partial charge in [0, 0.05) is 42.2 Å². The monoisotopic (exact) mass is 535 g/mol. The number of carbonyl (C=O) groups is 3. The van der Waals surface area contributed by atoms with E-state index in [1.807, 2.05) is 51.1 Å². The van der Waals surface area contributed by atoms with Gasteiger partial charge >= 0.3 is 0 Å². The SMILES string of the molecule is CC(C)Oc1cc(C(=O)N[C@@H](Cc2ccccc2)[C@H](O)C[C@@H](C)C(=O)NC2CCC2)cc(N2CCCC2=O)c1. The number of ether oxygens (including phenoxy) is 1. The van der Waals surface area contributed by atoms with Crippen LogP contribution >= 0.6 is 0 Å². The predicted molar refractivity (Wildman–Crippen MR) is 151 cm³/mol. The minimum Gasteiger partial charge on any atom is -0.491 e. The summed E-state index contributed by atoms with van der Waals surface area (Å²) >= 11 is 0. The maximum Gasteiger partial charge on any atom is 0.251 e. The smallest absolute Gasteiger partial charge is 0.251 e. The summed E-state index contributed by atoms with van der Waals surface area (Å²) in [6.45, 7) is 6.22. The first kappa shape index (κ1) is 28.6. The summed E-state index contributed by atoms with van der Waals surface area (Å²) in [6.07, 6.45) is 3.96. The summed E-state index contributed by atoms with van der Waals surface area (Å²) in [6, 6.07) is 14.4. The lowest BCUT2D eigenvalue weighted by molar-refractivity contribution is -0.126. The molecule has 4 rings (SSSR count). The zero-order valence-corrected chi connectivity index (χ0v) is 23.2. The van der Waals surface area contributed by atoms with E-state index in [2.05, 4.69) is 10.6 Å². The Labute approximate surface area is 231 Å². The van der Waals surface area contributed by atoms with Crippen LogP contribution in [0, 0.1) is 5.92 Å². The van der Waals surface area contributed by atoms with Crippen molar-refractivity contribution < 1.29 is 24.2 Å². The highest BCUT2D eigenvalue weighted by atomic mass is 16.5. The van der Waals surface area contributed by atoms with Gasteiger partial charge in [-0.05, 0) is 70.1 Å². The normalized spacial score (nSPS) is 17.9. The molecule has 0 aromatic heterocycles. The molecule has 8 nitrogen and oxygen atoms in total. The average molecular weight is 536 g/mol. The first-order valence-electron chi connectivity index (χ1n) is 14.1. The van der Waals surface area contributed by atoms with Gasteiger partial charge < -0.3 is 25.4 Å². The first-order chi connectivity index (χ1) is 18.7. The van der Waals surface area contributed by atoms with Gasteiger partial charge in [0.05, 0.1) is 18.2 Å². The van der Waals surface area contributed by atoms with E-state index in [0.717, 1.165) is 31.2 Å². The third-order valence-corrected chi connectivity index (χ3v) is 7.48. The fourth-order valence-electron chi connectivity index (χ4n) is 5.06. The van der Waals surface area contributed by atoms with E-state index in [0.29, 0.717) is 36.4 Å². The van der Waals surface area contributed by atoms with Crippen molar-refractivity contribution in [1.82, 2.24) is 10.6 Å². The largest absolute Gasteiger partial charge is 0.491 e. The predicted octanol–water partition coefficient (Wildman–Crippen LogP) is 4.00. The molecule has 1 saturated heterocycles. The summed E-state index contributed by atoms with van der Waals surface area (Å²) in [4.78, 5) is 40.4. The van der Waals surface area contributed by atoms with Crippen LogP contribution in [0.5, 0.6) is 5.75 Å². The molecule has 8 heteroatoms. The molecule has 2 aliphatic rings. The van der Waals surface area contributed by atoms with Crippen LogP contribution < -0.4 is 20.3 Å². The van der Waals surface area contributed by atoms with Gasteiger partial charge in [-0.15, -0.1) is 0 Å². The second kappa shape index (κ2) is 13.1. The highest BCUT2D eigenvalue weighted by Crippen LogP contribution is 2.29. The van der Waals surface area contributed by atoms with Gasteiger partial charge in [0.2, 0.25) is 11.8 Å². The number of hydrogen-bond acceptors (Lipinski definition) is 5. The molecule has 1 heterocycles. The van der Waals surface area contributed by atoms with Gasteiger partial charge in [0.25, 0.3) is 5.91 Å². The molecule has 39 heavy (non-hydrogen) atoms. The molecule has 0 bridgehead atoms. The van der Waals surface area contributed by atoms with Crippen molar-refractivity contribution in [2.24, 2.45) is 5.92 Å². The number of amides is 3. The third-order valence-electron chi connectivity index (χ3n) is 7.48. The molecule has 3 amide bonds. The minimum absolute atomic E-state index is 0.0228. The summed E-state index contributed by atoms with van der Waals surface area (Å²) < 4.78 is 5.90. The summed E-state index contributed by atoms with van der Waals surface area (Å²) in [5.74, 6) is -0.305. The van der Waals surface area contributed by atoms with Gasteiger partial charge in [-0.1, -0.05) is 37.3 Å². The number of rotatable bonds is 12. The maximum atomic E-state index is 13.6. The molecule has 2 aromatic rings. The van der Waals surface area contributed by atoms with Crippen LogP contribution in [0.4, 0.5) is 5.69 Å². The Balaban J connectivity index is 1.53. The van der Waals surface area contributed by atoms with Crippen LogP contribution in [-0.4, -0.2) is 53.7 Å². The van der Waals surface area contributed by atoms with E-state index in [4.69, 9.17) is 4.74 Å². The van der Waals surface area contributed by atoms with Gasteiger partial charge in [0.15, 0.2) is 0 Å². The zero-order valence-electron chi connectivity index (χ0n) is 23.2. The van der Waals surface area contributed by atoms with Crippen LogP contribution in [0.2, 0.25) is 0 Å². The third kappa shape index (κ3) is 7.82. The topological polar surface area (TPSA) is 108 Å². The van der Waals surface area contributed by atoms with E-state index in [1.165, 1.54) is 0 Å². The quantitative estimate of drug-likeness (QED) is 0.381. The van der Waals surface area contributed by atoms with Crippen molar-refractivity contribution in [2.75, 3.05) is 11.4 Å². The van der Waals surface area contributed by atoms with Gasteiger partial charge in [0.1, 0.15) is 5.75 Å². The molecule has 1 saturated carbocycles. The highest BCUT2D eigenvalue weighted by Gasteiger charge is 2.29. The first-order valence-corrected chi connectivity index (χ1v) is 14.1. The van der Waals surface area contributed by atoms with Crippen molar-refractivity contribution in [2.45, 2.75) is 90.0 Å². The Bertz CT molecular complexity index is 1150. The molecule has 210 valence electrons. The van der Waals surface area contributed by atoms with Crippen LogP contribution in [0.3, 0.4) is 0 Å². The van der Waals surface area contributed by atoms with Gasteiger partial charge in [-0.3, -0.25) is 14.4 Å². The fraction of sp³-hybridized carbons (Fsp3) is 0.516. The molecule has 3 atom stereocenters. The van der Waals surface area contributed by atoms with Crippen molar-refractivity contribution >= 4 is 23.4 Å². The average Bonchev–Trinajstić information content (AvgIpc) is 3.31. The summed E-state index contributed by atoms with van der Waals surface area (Å²) in [7, 11) is 0. The number of benzene rings is 2. The van der Waals surface area contributed by atoms with Crippen molar-refractivity contribution in [3.05, 3.63) is 59.7 Å². The Morgan fingerprint density at radius 1 is 1.08 bits per heavy atom. The van der Waals surface area contributed by atoms with E-state index in [1.54, 1.807) is 23.1 Å². The molecule has 3 N–H and O–H groups in total. The number of aliphatic hydroxyl groups excluding tert-OH is 1. The summed E-state index contributed by atoms with van der Waals surface area (Å²) in [5.41, 5.74) is 1.94. The number of hydrogen-bond donors (Lipinski definition) is 3. The fourth-order valence-corrected chi connectivity index (χ4v) is 5.06. The number of carbonyl (C=O) groups excluding carboxylic acids is 3. The van der Waals surface area contributed by atoms with Gasteiger partial charge in [-0.25, -0.2) is 0 Å². The molecule has 0 spiro atoms. The van der Waals surface area contributed by atoms with Crippen molar-refractivity contribution in [3.63, 3.8) is 0 Å². The Morgan fingerprint density at radius 3 is 2.44 bits per heavy atom. The molecule has 2 fully saturated rings. The van der Waals surface area contributed by atoms with Crippen LogP contribution in [0.1, 0.15) is 75.2 Å². The lowest BCUT2D eigenvalue weighted by Crippen LogP contribution is -2.47. The second-order valence-corrected chi connectivity index (χ2v) is 11.1. The molecule has 0 unspecified atom stereocenters. The minimum atomic E-state index is -0.939. The Morgan fingerprint density at radius 2 is 1.82 bits per heavy atom. The van der Waals surface area contributed by atoms with Crippen LogP contribution in [0.15, 0.2) is 48.5 Å². The molecule has 1 aliphatic carbocycles. The van der Waals surface area contributed by atoms with E-state index in [-0.39, 0.29) is 36.3 Å². The second-order valence-electron chi connectivity index (χ2n) is 11.1. The number of nitrogens with one attached hydrogen (secondary N) is 2. The van der Waals surface area contributed by atoms with Crippen LogP contribution in [0.25, 0.3) is 0 Å². The number of aliphatic hydroxyl groups is 1. The molecule has 0 radical (unpaired) electrons. The Kier molecular flexibility index (Phi) is 9.62. The lowest BCUT2D eigenvalue weighted by Gasteiger charge is -2.30. The van der Waals surface area contributed by atoms with Gasteiger partial charge in [-0.2, -0.15) is 0 Å². The lowest BCUT2D eigenvalue weighted by atomic mass is 9.90. The maximum absolute atomic E-state index is 13.6. The van der Waals surface area contributed by atoms with E-state index >= 15 is 0 Å². The van der Waals surface area contributed by atoms with Crippen molar-refractivity contribution in [1.29, 1.82) is 0 Å². The van der Waals surface area contributed by atoms with E-state index in [9.17, 15) is 19.5 Å². The Hall–Kier alpha value is -3.39. The molecule has 1 aliphatic heterocycles. The summed E-state index contributed by atoms with van der Waals surface area (Å²) in [5, 5.41) is 17.3. The molecule has 2 aromatic carbocycles. The highest BCUT2D eigenvalue weighted by molar-refractivity contribution is 5.99. The standard InChI is InChI=1S/C31H41N3O5/c1-20(2)39-26-18-23(17-25(19-26)34-14-8-13-29(34)36)31(38)33-27(16-22-9-5-4-6-10-22)28(35)15-21(3)30(37)32-24-11-7-12-24/h4-6,9-10,17-21,24,27-28,35H,7-8,11-16H2,1-3H3,(H,32,37)(H,33,38)/t21-,27+,28-/m1/s1. The number of anilines is 1. The van der Waals surface area contributed by atoms with E-state index < -0.39 is 18.1 Å². The van der Waals surface area contributed by atoms with Crippen LogP contribution in [-0.2, 0) is 16.0 Å². The van der Waals surface area contributed by atoms with Crippen molar-refractivity contribution in [3.8, 4) is 5.75 Å². The molecular weight excluding hydrogens is 494 g/mol. The zero-order chi connectivity index (χ0) is 27.9. The number of nitrogens with zero attached hydrogens (tertiary/aromatic N) is 1.